The lowest BCUT2D eigenvalue weighted by atomic mass is 10.1. The fourth-order valence-electron chi connectivity index (χ4n) is 0.914. The van der Waals surface area contributed by atoms with Gasteiger partial charge in [-0.3, -0.25) is 0 Å². The first-order valence-corrected chi connectivity index (χ1v) is 5.51. The fraction of sp³-hybridized carbons (Fsp3) is 1.00. The van der Waals surface area contributed by atoms with E-state index in [2.05, 4.69) is 4.72 Å². The van der Waals surface area contributed by atoms with Gasteiger partial charge in [-0.05, 0) is 24.8 Å². The molecular formula is C6H14N2O2S. The van der Waals surface area contributed by atoms with Crippen molar-refractivity contribution in [3.63, 3.8) is 0 Å². The Kier molecular flexibility index (Phi) is 2.22. The van der Waals surface area contributed by atoms with Crippen LogP contribution in [-0.4, -0.2) is 27.8 Å². The summed E-state index contributed by atoms with van der Waals surface area (Å²) in [5.41, 5.74) is 5.55. The molecule has 5 heteroatoms. The summed E-state index contributed by atoms with van der Waals surface area (Å²) in [5, 5.41) is 0. The molecule has 0 aromatic carbocycles. The van der Waals surface area contributed by atoms with Crippen molar-refractivity contribution in [3.05, 3.63) is 0 Å². The largest absolute Gasteiger partial charge is 0.330 e. The molecule has 4 nitrogen and oxygen atoms in total. The van der Waals surface area contributed by atoms with Crippen molar-refractivity contribution >= 4 is 10.0 Å². The quantitative estimate of drug-likeness (QED) is 0.596. The van der Waals surface area contributed by atoms with Crippen LogP contribution in [0.15, 0.2) is 0 Å². The van der Waals surface area contributed by atoms with Gasteiger partial charge in [0.2, 0.25) is 10.0 Å². The number of hydrogen-bond donors (Lipinski definition) is 2. The van der Waals surface area contributed by atoms with E-state index in [0.717, 1.165) is 12.8 Å². The zero-order valence-corrected chi connectivity index (χ0v) is 7.45. The Balaban J connectivity index is 2.33. The van der Waals surface area contributed by atoms with E-state index in [4.69, 9.17) is 5.73 Å². The SMILES string of the molecule is CS(=O)(=O)NCC1(CN)CC1. The molecule has 1 rings (SSSR count). The predicted molar refractivity (Wildman–Crippen MR) is 43.6 cm³/mol. The van der Waals surface area contributed by atoms with E-state index in [-0.39, 0.29) is 5.41 Å². The molecule has 0 bridgehead atoms. The number of nitrogens with two attached hydrogens (primary N) is 1. The van der Waals surface area contributed by atoms with Crippen LogP contribution in [0.2, 0.25) is 0 Å². The summed E-state index contributed by atoms with van der Waals surface area (Å²) < 4.78 is 23.8. The van der Waals surface area contributed by atoms with Gasteiger partial charge >= 0.3 is 0 Å². The minimum Gasteiger partial charge on any atom is -0.330 e. The standard InChI is InChI=1S/C6H14N2O2S/c1-11(9,10)8-5-6(4-7)2-3-6/h8H,2-5,7H2,1H3. The third-order valence-electron chi connectivity index (χ3n) is 2.10. The van der Waals surface area contributed by atoms with Gasteiger partial charge in [-0.25, -0.2) is 13.1 Å². The first-order chi connectivity index (χ1) is 4.97. The summed E-state index contributed by atoms with van der Waals surface area (Å²) >= 11 is 0. The molecule has 0 aromatic heterocycles. The Labute approximate surface area is 67.2 Å². The van der Waals surface area contributed by atoms with Crippen molar-refractivity contribution in [2.45, 2.75) is 12.8 Å². The lowest BCUT2D eigenvalue weighted by molar-refractivity contribution is 0.503. The number of hydrogen-bond acceptors (Lipinski definition) is 3. The van der Waals surface area contributed by atoms with Crippen LogP contribution in [0.25, 0.3) is 0 Å². The Morgan fingerprint density at radius 2 is 2.09 bits per heavy atom. The first-order valence-electron chi connectivity index (χ1n) is 3.62. The summed E-state index contributed by atoms with van der Waals surface area (Å²) in [6.45, 7) is 1.08. The lowest BCUT2D eigenvalue weighted by Gasteiger charge is -2.11. The average molecular weight is 178 g/mol. The van der Waals surface area contributed by atoms with Gasteiger partial charge in [0.15, 0.2) is 0 Å². The van der Waals surface area contributed by atoms with E-state index in [0.29, 0.717) is 13.1 Å². The van der Waals surface area contributed by atoms with Crippen LogP contribution in [0.4, 0.5) is 0 Å². The second-order valence-electron chi connectivity index (χ2n) is 3.30. The van der Waals surface area contributed by atoms with E-state index in [1.807, 2.05) is 0 Å². The Morgan fingerprint density at radius 1 is 1.55 bits per heavy atom. The number of nitrogens with one attached hydrogen (secondary N) is 1. The van der Waals surface area contributed by atoms with Gasteiger partial charge in [-0.2, -0.15) is 0 Å². The van der Waals surface area contributed by atoms with Gasteiger partial charge in [-0.15, -0.1) is 0 Å². The third kappa shape index (κ3) is 2.76. The normalized spacial score (nSPS) is 21.6. The van der Waals surface area contributed by atoms with Gasteiger partial charge in [0.1, 0.15) is 0 Å². The van der Waals surface area contributed by atoms with Gasteiger partial charge in [-0.1, -0.05) is 0 Å². The van der Waals surface area contributed by atoms with Crippen LogP contribution in [0.3, 0.4) is 0 Å². The molecule has 0 atom stereocenters. The third-order valence-corrected chi connectivity index (χ3v) is 2.77. The molecule has 0 radical (unpaired) electrons. The van der Waals surface area contributed by atoms with Crippen molar-refractivity contribution in [2.75, 3.05) is 19.3 Å². The van der Waals surface area contributed by atoms with E-state index >= 15 is 0 Å². The maximum atomic E-state index is 10.7. The maximum absolute atomic E-state index is 10.7. The molecule has 1 aliphatic carbocycles. The molecular weight excluding hydrogens is 164 g/mol. The van der Waals surface area contributed by atoms with Gasteiger partial charge in [0.05, 0.1) is 6.26 Å². The molecule has 0 aliphatic heterocycles. The molecule has 66 valence electrons. The van der Waals surface area contributed by atoms with Gasteiger partial charge < -0.3 is 5.73 Å². The minimum atomic E-state index is -3.03. The van der Waals surface area contributed by atoms with Crippen LogP contribution < -0.4 is 10.5 Å². The Bertz CT molecular complexity index is 231. The summed E-state index contributed by atoms with van der Waals surface area (Å²) in [6, 6.07) is 0. The van der Waals surface area contributed by atoms with Gasteiger partial charge in [0, 0.05) is 6.54 Å². The van der Waals surface area contributed by atoms with Crippen LogP contribution in [-0.2, 0) is 10.0 Å². The molecule has 1 saturated carbocycles. The Hall–Kier alpha value is -0.130. The molecule has 3 N–H and O–H groups in total. The lowest BCUT2D eigenvalue weighted by Crippen LogP contribution is -2.33. The molecule has 1 aliphatic rings. The molecule has 0 unspecified atom stereocenters. The highest BCUT2D eigenvalue weighted by atomic mass is 32.2. The molecule has 11 heavy (non-hydrogen) atoms. The van der Waals surface area contributed by atoms with Crippen LogP contribution >= 0.6 is 0 Å². The summed E-state index contributed by atoms with van der Waals surface area (Å²) in [5.74, 6) is 0. The molecule has 0 aromatic rings. The maximum Gasteiger partial charge on any atom is 0.208 e. The van der Waals surface area contributed by atoms with Crippen LogP contribution in [0.1, 0.15) is 12.8 Å². The van der Waals surface area contributed by atoms with E-state index in [1.165, 1.54) is 6.26 Å². The van der Waals surface area contributed by atoms with Crippen molar-refractivity contribution in [1.82, 2.24) is 4.72 Å². The van der Waals surface area contributed by atoms with E-state index < -0.39 is 10.0 Å². The van der Waals surface area contributed by atoms with Crippen molar-refractivity contribution in [2.24, 2.45) is 11.1 Å². The highest BCUT2D eigenvalue weighted by molar-refractivity contribution is 7.88. The van der Waals surface area contributed by atoms with Crippen molar-refractivity contribution in [1.29, 1.82) is 0 Å². The Morgan fingerprint density at radius 3 is 2.36 bits per heavy atom. The number of rotatable bonds is 4. The zero-order chi connectivity index (χ0) is 8.54. The highest BCUT2D eigenvalue weighted by Gasteiger charge is 2.41. The van der Waals surface area contributed by atoms with E-state index in [9.17, 15) is 8.42 Å². The van der Waals surface area contributed by atoms with Crippen molar-refractivity contribution in [3.8, 4) is 0 Å². The summed E-state index contributed by atoms with van der Waals surface area (Å²) in [7, 11) is -3.03. The molecule has 0 amide bonds. The van der Waals surface area contributed by atoms with Crippen LogP contribution in [0, 0.1) is 5.41 Å². The smallest absolute Gasteiger partial charge is 0.208 e. The predicted octanol–water partition coefficient (Wildman–Crippen LogP) is -0.725. The zero-order valence-electron chi connectivity index (χ0n) is 6.63. The highest BCUT2D eigenvalue weighted by Crippen LogP contribution is 2.43. The second kappa shape index (κ2) is 2.73. The molecule has 0 heterocycles. The van der Waals surface area contributed by atoms with Gasteiger partial charge in [0.25, 0.3) is 0 Å². The minimum absolute atomic E-state index is 0.0864. The topological polar surface area (TPSA) is 72.2 Å². The first kappa shape index (κ1) is 8.96. The summed E-state index contributed by atoms with van der Waals surface area (Å²) in [4.78, 5) is 0. The number of sulfonamides is 1. The monoisotopic (exact) mass is 178 g/mol. The molecule has 0 saturated heterocycles. The molecule has 1 fully saturated rings. The fourth-order valence-corrected chi connectivity index (χ4v) is 1.48. The molecule has 0 spiro atoms. The van der Waals surface area contributed by atoms with Crippen LogP contribution in [0.5, 0.6) is 0 Å². The summed E-state index contributed by atoms with van der Waals surface area (Å²) in [6.07, 6.45) is 3.26. The second-order valence-corrected chi connectivity index (χ2v) is 5.13. The van der Waals surface area contributed by atoms with Crippen molar-refractivity contribution < 1.29 is 8.42 Å². The van der Waals surface area contributed by atoms with E-state index in [1.54, 1.807) is 0 Å². The average Bonchev–Trinajstić information content (AvgIpc) is 2.63.